The van der Waals surface area contributed by atoms with Crippen molar-refractivity contribution in [3.63, 3.8) is 0 Å². The lowest BCUT2D eigenvalue weighted by Gasteiger charge is -2.38. The van der Waals surface area contributed by atoms with Crippen molar-refractivity contribution in [1.29, 1.82) is 0 Å². The van der Waals surface area contributed by atoms with Crippen LogP contribution in [0.25, 0.3) is 0 Å². The molecule has 2 aliphatic rings. The predicted molar refractivity (Wildman–Crippen MR) is 90.0 cm³/mol. The van der Waals surface area contributed by atoms with Gasteiger partial charge >= 0.3 is 11.9 Å². The quantitative estimate of drug-likeness (QED) is 0.584. The molecule has 3 rings (SSSR count). The van der Waals surface area contributed by atoms with Gasteiger partial charge in [0.15, 0.2) is 5.78 Å². The van der Waals surface area contributed by atoms with Gasteiger partial charge in [-0.3, -0.25) is 14.4 Å². The van der Waals surface area contributed by atoms with Crippen LogP contribution >= 0.6 is 0 Å². The highest BCUT2D eigenvalue weighted by Gasteiger charge is 2.50. The van der Waals surface area contributed by atoms with E-state index in [1.807, 2.05) is 23.0 Å². The van der Waals surface area contributed by atoms with Crippen LogP contribution in [0.5, 0.6) is 0 Å². The largest absolute Gasteiger partial charge is 0.468 e. The van der Waals surface area contributed by atoms with Crippen LogP contribution in [0.2, 0.25) is 0 Å². The first kappa shape index (κ1) is 17.7. The molecule has 0 bridgehead atoms. The third-order valence-corrected chi connectivity index (χ3v) is 5.53. The molecule has 2 aliphatic carbocycles. The molecule has 1 heterocycles. The van der Waals surface area contributed by atoms with E-state index < -0.39 is 29.2 Å². The molecule has 0 aromatic carbocycles. The Bertz CT molecular complexity index is 651. The summed E-state index contributed by atoms with van der Waals surface area (Å²) in [5.41, 5.74) is 0.351. The van der Waals surface area contributed by atoms with Gasteiger partial charge in [-0.1, -0.05) is 19.3 Å². The highest BCUT2D eigenvalue weighted by Crippen LogP contribution is 2.43. The van der Waals surface area contributed by atoms with Gasteiger partial charge in [-0.25, -0.2) is 0 Å². The van der Waals surface area contributed by atoms with E-state index in [1.54, 1.807) is 0 Å². The summed E-state index contributed by atoms with van der Waals surface area (Å²) < 4.78 is 11.4. The molecule has 1 aromatic rings. The Morgan fingerprint density at radius 1 is 1.08 bits per heavy atom. The molecule has 1 aromatic heterocycles. The molecule has 0 atom stereocenters. The van der Waals surface area contributed by atoms with Crippen LogP contribution in [0.4, 0.5) is 0 Å². The summed E-state index contributed by atoms with van der Waals surface area (Å²) in [7, 11) is 2.36. The molecule has 0 unspecified atom stereocenters. The lowest BCUT2D eigenvalue weighted by atomic mass is 9.74. The van der Waals surface area contributed by atoms with E-state index in [0.717, 1.165) is 19.3 Å². The molecular weight excluding hydrogens is 322 g/mol. The van der Waals surface area contributed by atoms with E-state index in [0.29, 0.717) is 18.8 Å². The molecule has 0 spiro atoms. The van der Waals surface area contributed by atoms with Gasteiger partial charge in [0.2, 0.25) is 5.92 Å². The Hall–Kier alpha value is -2.11. The zero-order valence-electron chi connectivity index (χ0n) is 14.8. The fraction of sp³-hybridized carbons (Fsp3) is 0.632. The first-order valence-electron chi connectivity index (χ1n) is 8.92. The van der Waals surface area contributed by atoms with Crippen LogP contribution < -0.4 is 0 Å². The molecule has 6 nitrogen and oxygen atoms in total. The summed E-state index contributed by atoms with van der Waals surface area (Å²) in [5, 5.41) is 0. The normalized spacial score (nSPS) is 19.5. The summed E-state index contributed by atoms with van der Waals surface area (Å²) >= 11 is 0. The summed E-state index contributed by atoms with van der Waals surface area (Å²) in [6.07, 6.45) is 10.4. The second-order valence-corrected chi connectivity index (χ2v) is 7.06. The number of Topliss-reactive ketones (excluding diaryl/α,β-unsaturated/α-hetero) is 1. The first-order chi connectivity index (χ1) is 12.0. The third kappa shape index (κ3) is 3.22. The van der Waals surface area contributed by atoms with Gasteiger partial charge in [0, 0.05) is 12.4 Å². The van der Waals surface area contributed by atoms with Crippen molar-refractivity contribution in [2.45, 2.75) is 56.4 Å². The summed E-state index contributed by atoms with van der Waals surface area (Å²) in [5.74, 6) is -3.06. The predicted octanol–water partition coefficient (Wildman–Crippen LogP) is 2.56. The van der Waals surface area contributed by atoms with Crippen molar-refractivity contribution in [3.8, 4) is 0 Å². The number of esters is 2. The van der Waals surface area contributed by atoms with E-state index in [4.69, 9.17) is 9.47 Å². The molecule has 136 valence electrons. The molecule has 0 saturated heterocycles. The minimum Gasteiger partial charge on any atom is -0.468 e. The number of hydrogen-bond acceptors (Lipinski definition) is 5. The fourth-order valence-electron chi connectivity index (χ4n) is 3.92. The number of aromatic nitrogens is 1. The molecule has 0 amide bonds. The fourth-order valence-corrected chi connectivity index (χ4v) is 3.92. The number of ketones is 1. The van der Waals surface area contributed by atoms with Crippen molar-refractivity contribution in [1.82, 2.24) is 4.57 Å². The minimum absolute atomic E-state index is 0.413. The number of nitrogens with zero attached hydrogens (tertiary/aromatic N) is 1. The number of carbonyl (C=O) groups excluding carboxylic acids is 3. The first-order valence-corrected chi connectivity index (χ1v) is 8.92. The summed E-state index contributed by atoms with van der Waals surface area (Å²) in [4.78, 5) is 37.7. The zero-order chi connectivity index (χ0) is 18.0. The highest BCUT2D eigenvalue weighted by atomic mass is 16.5. The Morgan fingerprint density at radius 2 is 1.68 bits per heavy atom. The molecule has 25 heavy (non-hydrogen) atoms. The smallest absolute Gasteiger partial charge is 0.327 e. The lowest BCUT2D eigenvalue weighted by Crippen LogP contribution is -2.50. The molecule has 6 heteroatoms. The Morgan fingerprint density at radius 3 is 2.20 bits per heavy atom. The maximum Gasteiger partial charge on any atom is 0.327 e. The Balaban J connectivity index is 1.99. The standard InChI is InChI=1S/C19H25NO5/c1-24-17(22)15(18(23)25-2)16(21)19(9-4-3-5-10-19)20-11-8-14(12-20)13-6-7-13/h8,11-13,15H,3-7,9-10H2,1-2H3. The van der Waals surface area contributed by atoms with Crippen LogP contribution in [0.3, 0.4) is 0 Å². The molecule has 0 aliphatic heterocycles. The molecular formula is C19H25NO5. The van der Waals surface area contributed by atoms with Crippen molar-refractivity contribution >= 4 is 17.7 Å². The maximum atomic E-state index is 13.4. The number of ether oxygens (including phenoxy) is 2. The van der Waals surface area contributed by atoms with Crippen molar-refractivity contribution < 1.29 is 23.9 Å². The Kier molecular flexibility index (Phi) is 4.97. The summed E-state index contributed by atoms with van der Waals surface area (Å²) in [6.45, 7) is 0. The van der Waals surface area contributed by atoms with Crippen molar-refractivity contribution in [3.05, 3.63) is 24.0 Å². The van der Waals surface area contributed by atoms with Gasteiger partial charge in [-0.05, 0) is 43.2 Å². The monoisotopic (exact) mass is 347 g/mol. The number of carbonyl (C=O) groups is 3. The number of rotatable bonds is 6. The van der Waals surface area contributed by atoms with Gasteiger partial charge in [0.25, 0.3) is 0 Å². The zero-order valence-corrected chi connectivity index (χ0v) is 14.8. The number of methoxy groups -OCH3 is 2. The Labute approximate surface area is 147 Å². The van der Waals surface area contributed by atoms with Gasteiger partial charge in [0.05, 0.1) is 14.2 Å². The van der Waals surface area contributed by atoms with Crippen LogP contribution in [0, 0.1) is 5.92 Å². The van der Waals surface area contributed by atoms with Crippen LogP contribution in [-0.4, -0.2) is 36.5 Å². The average Bonchev–Trinajstić information content (AvgIpc) is 3.38. The second kappa shape index (κ2) is 7.02. The van der Waals surface area contributed by atoms with Gasteiger partial charge in [0.1, 0.15) is 5.54 Å². The van der Waals surface area contributed by atoms with E-state index >= 15 is 0 Å². The van der Waals surface area contributed by atoms with E-state index in [-0.39, 0.29) is 0 Å². The SMILES string of the molecule is COC(=O)C(C(=O)OC)C(=O)C1(n2ccc(C3CC3)c2)CCCCC1. The van der Waals surface area contributed by atoms with Gasteiger partial charge < -0.3 is 14.0 Å². The van der Waals surface area contributed by atoms with Gasteiger partial charge in [-0.2, -0.15) is 0 Å². The van der Waals surface area contributed by atoms with Crippen molar-refractivity contribution in [2.24, 2.45) is 5.92 Å². The van der Waals surface area contributed by atoms with Gasteiger partial charge in [-0.15, -0.1) is 0 Å². The molecule has 2 fully saturated rings. The average molecular weight is 347 g/mol. The highest BCUT2D eigenvalue weighted by molar-refractivity contribution is 6.17. The molecule has 0 N–H and O–H groups in total. The summed E-state index contributed by atoms with van der Waals surface area (Å²) in [6, 6.07) is 2.05. The lowest BCUT2D eigenvalue weighted by molar-refractivity contribution is -0.164. The van der Waals surface area contributed by atoms with Crippen LogP contribution in [0.15, 0.2) is 18.5 Å². The number of hydrogen-bond donors (Lipinski definition) is 0. The molecule has 2 saturated carbocycles. The molecule has 0 radical (unpaired) electrons. The van der Waals surface area contributed by atoms with Crippen molar-refractivity contribution in [2.75, 3.05) is 14.2 Å². The van der Waals surface area contributed by atoms with E-state index in [1.165, 1.54) is 32.6 Å². The van der Waals surface area contributed by atoms with E-state index in [2.05, 4.69) is 0 Å². The third-order valence-electron chi connectivity index (χ3n) is 5.53. The topological polar surface area (TPSA) is 74.6 Å². The maximum absolute atomic E-state index is 13.4. The van der Waals surface area contributed by atoms with Crippen LogP contribution in [0.1, 0.15) is 56.4 Å². The van der Waals surface area contributed by atoms with E-state index in [9.17, 15) is 14.4 Å². The minimum atomic E-state index is -1.53. The van der Waals surface area contributed by atoms with Crippen LogP contribution in [-0.2, 0) is 29.4 Å². The second-order valence-electron chi connectivity index (χ2n) is 7.06.